The Hall–Kier alpha value is -3.50. The monoisotopic (exact) mass is 570 g/mol. The lowest BCUT2D eigenvalue weighted by Gasteiger charge is -2.39. The summed E-state index contributed by atoms with van der Waals surface area (Å²) in [5, 5.41) is 2.09. The smallest absolute Gasteiger partial charge is 0.254 e. The molecule has 8 nitrogen and oxygen atoms in total. The normalized spacial score (nSPS) is 16.1. The minimum Gasteiger partial charge on any atom is -0.368 e. The van der Waals surface area contributed by atoms with Crippen molar-refractivity contribution in [2.24, 2.45) is 5.73 Å². The highest BCUT2D eigenvalue weighted by atomic mass is 35.5. The third-order valence-corrected chi connectivity index (χ3v) is 8.59. The van der Waals surface area contributed by atoms with E-state index in [2.05, 4.69) is 4.98 Å². The molecule has 1 aromatic heterocycles. The van der Waals surface area contributed by atoms with Crippen LogP contribution in [0.1, 0.15) is 10.4 Å². The van der Waals surface area contributed by atoms with Crippen LogP contribution in [0.3, 0.4) is 0 Å². The summed E-state index contributed by atoms with van der Waals surface area (Å²) < 4.78 is 28.1. The first-order chi connectivity index (χ1) is 17.7. The van der Waals surface area contributed by atoms with Crippen molar-refractivity contribution in [3.8, 4) is 11.1 Å². The van der Waals surface area contributed by atoms with Gasteiger partial charge < -0.3 is 10.6 Å². The summed E-state index contributed by atoms with van der Waals surface area (Å²) >= 11 is 6.03. The predicted octanol–water partition coefficient (Wildman–Crippen LogP) is 3.98. The van der Waals surface area contributed by atoms with E-state index in [1.807, 2.05) is 24.3 Å². The van der Waals surface area contributed by atoms with Crippen LogP contribution < -0.4 is 5.73 Å². The fourth-order valence-electron chi connectivity index (χ4n) is 4.48. The van der Waals surface area contributed by atoms with E-state index in [4.69, 9.17) is 17.3 Å². The quantitative estimate of drug-likeness (QED) is 0.390. The molecule has 4 aromatic rings. The van der Waals surface area contributed by atoms with Crippen LogP contribution in [0, 0.1) is 0 Å². The van der Waals surface area contributed by atoms with Gasteiger partial charge in [0.2, 0.25) is 15.9 Å². The van der Waals surface area contributed by atoms with Crippen LogP contribution in [0.2, 0.25) is 5.02 Å². The van der Waals surface area contributed by atoms with Gasteiger partial charge in [-0.2, -0.15) is 4.31 Å². The second-order valence-electron chi connectivity index (χ2n) is 8.75. The molecule has 1 aliphatic rings. The maximum atomic E-state index is 13.4. The summed E-state index contributed by atoms with van der Waals surface area (Å²) in [5.41, 5.74) is 7.89. The third kappa shape index (κ3) is 5.37. The molecule has 1 fully saturated rings. The van der Waals surface area contributed by atoms with Crippen molar-refractivity contribution >= 4 is 56.6 Å². The number of piperazine rings is 1. The Kier molecular flexibility index (Phi) is 8.03. The van der Waals surface area contributed by atoms with Crippen molar-refractivity contribution in [2.75, 3.05) is 19.6 Å². The number of carbonyl (C=O) groups is 2. The van der Waals surface area contributed by atoms with E-state index in [1.165, 1.54) is 15.3 Å². The van der Waals surface area contributed by atoms with Gasteiger partial charge in [-0.3, -0.25) is 14.6 Å². The van der Waals surface area contributed by atoms with Gasteiger partial charge in [0.25, 0.3) is 5.91 Å². The van der Waals surface area contributed by atoms with Crippen LogP contribution in [0.15, 0.2) is 90.1 Å². The molecule has 2 amide bonds. The topological polar surface area (TPSA) is 114 Å². The molecule has 0 bridgehead atoms. The standard InChI is InChI=1S/C27H23ClN4O4S.ClH/c28-23-7-5-22-16-24(8-6-21(22)15-23)37(35,36)31-13-14-32(25(17-31)26(29)33)27(34)20-3-1-18(2-4-20)19-9-11-30-12-10-19;/h1-12,15-16,25H,13-14,17H2,(H2,29,33);1H. The van der Waals surface area contributed by atoms with E-state index in [0.29, 0.717) is 10.6 Å². The molecule has 2 N–H and O–H groups in total. The molecule has 0 aliphatic carbocycles. The molecule has 1 atom stereocenters. The Morgan fingerprint density at radius 3 is 2.18 bits per heavy atom. The minimum absolute atomic E-state index is 0. The van der Waals surface area contributed by atoms with Gasteiger partial charge in [-0.1, -0.05) is 35.9 Å². The van der Waals surface area contributed by atoms with Crippen LogP contribution in [-0.4, -0.2) is 60.1 Å². The number of pyridine rings is 1. The van der Waals surface area contributed by atoms with E-state index >= 15 is 0 Å². The summed E-state index contributed by atoms with van der Waals surface area (Å²) in [6.07, 6.45) is 3.37. The average Bonchev–Trinajstić information content (AvgIpc) is 2.92. The molecular weight excluding hydrogens is 547 g/mol. The number of halogens is 2. The Morgan fingerprint density at radius 1 is 0.868 bits per heavy atom. The molecule has 2 heterocycles. The number of benzene rings is 3. The summed E-state index contributed by atoms with van der Waals surface area (Å²) in [7, 11) is -3.93. The zero-order valence-electron chi connectivity index (χ0n) is 20.0. The number of nitrogens with two attached hydrogens (primary N) is 1. The van der Waals surface area contributed by atoms with E-state index in [-0.39, 0.29) is 42.8 Å². The van der Waals surface area contributed by atoms with Gasteiger partial charge in [0, 0.05) is 42.6 Å². The van der Waals surface area contributed by atoms with Crippen LogP contribution in [0.25, 0.3) is 21.9 Å². The molecule has 0 radical (unpaired) electrons. The fraction of sp³-hybridized carbons (Fsp3) is 0.148. The van der Waals surface area contributed by atoms with Crippen LogP contribution in [-0.2, 0) is 14.8 Å². The van der Waals surface area contributed by atoms with Gasteiger partial charge in [-0.15, -0.1) is 12.4 Å². The highest BCUT2D eigenvalue weighted by Crippen LogP contribution is 2.27. The van der Waals surface area contributed by atoms with Crippen LogP contribution in [0.4, 0.5) is 0 Å². The average molecular weight is 571 g/mol. The molecule has 11 heteroatoms. The number of amides is 2. The summed E-state index contributed by atoms with van der Waals surface area (Å²) in [4.78, 5) is 31.1. The molecule has 3 aromatic carbocycles. The number of fused-ring (bicyclic) bond motifs is 1. The SMILES string of the molecule is Cl.NC(=O)C1CN(S(=O)(=O)c2ccc3cc(Cl)ccc3c2)CCN1C(=O)c1ccc(-c2ccncc2)cc1. The molecule has 38 heavy (non-hydrogen) atoms. The Morgan fingerprint density at radius 2 is 1.50 bits per heavy atom. The zero-order valence-corrected chi connectivity index (χ0v) is 22.4. The van der Waals surface area contributed by atoms with Crippen molar-refractivity contribution in [2.45, 2.75) is 10.9 Å². The van der Waals surface area contributed by atoms with Crippen LogP contribution in [0.5, 0.6) is 0 Å². The van der Waals surface area contributed by atoms with Gasteiger partial charge in [0.15, 0.2) is 0 Å². The number of primary amides is 1. The lowest BCUT2D eigenvalue weighted by atomic mass is 10.0. The Labute approximate surface area is 231 Å². The molecule has 0 spiro atoms. The van der Waals surface area contributed by atoms with Crippen LogP contribution >= 0.6 is 24.0 Å². The fourth-order valence-corrected chi connectivity index (χ4v) is 6.14. The first kappa shape index (κ1) is 27.5. The summed E-state index contributed by atoms with van der Waals surface area (Å²) in [6, 6.07) is 19.6. The number of sulfonamides is 1. The second kappa shape index (κ2) is 11.1. The van der Waals surface area contributed by atoms with Gasteiger partial charge in [0.1, 0.15) is 6.04 Å². The third-order valence-electron chi connectivity index (χ3n) is 6.49. The predicted molar refractivity (Wildman–Crippen MR) is 149 cm³/mol. The Balaban J connectivity index is 0.00000336. The van der Waals surface area contributed by atoms with E-state index in [0.717, 1.165) is 21.9 Å². The zero-order chi connectivity index (χ0) is 26.2. The van der Waals surface area contributed by atoms with Gasteiger partial charge in [0.05, 0.1) is 4.90 Å². The number of hydrogen-bond donors (Lipinski definition) is 1. The molecule has 0 saturated carbocycles. The number of nitrogens with zero attached hydrogens (tertiary/aromatic N) is 3. The van der Waals surface area contributed by atoms with Crippen molar-refractivity contribution in [3.63, 3.8) is 0 Å². The second-order valence-corrected chi connectivity index (χ2v) is 11.1. The van der Waals surface area contributed by atoms with E-state index < -0.39 is 22.0 Å². The van der Waals surface area contributed by atoms with Crippen molar-refractivity contribution < 1.29 is 18.0 Å². The van der Waals surface area contributed by atoms with Gasteiger partial charge in [-0.25, -0.2) is 8.42 Å². The van der Waals surface area contributed by atoms with Gasteiger partial charge >= 0.3 is 0 Å². The number of rotatable bonds is 5. The minimum atomic E-state index is -3.93. The number of carbonyl (C=O) groups excluding carboxylic acids is 2. The molecule has 196 valence electrons. The molecule has 1 unspecified atom stereocenters. The lowest BCUT2D eigenvalue weighted by Crippen LogP contribution is -2.60. The molecule has 1 aliphatic heterocycles. The highest BCUT2D eigenvalue weighted by Gasteiger charge is 2.39. The van der Waals surface area contributed by atoms with Crippen molar-refractivity contribution in [1.29, 1.82) is 0 Å². The largest absolute Gasteiger partial charge is 0.368 e. The lowest BCUT2D eigenvalue weighted by molar-refractivity contribution is -0.123. The van der Waals surface area contributed by atoms with Gasteiger partial charge in [-0.05, 0) is 70.4 Å². The molecule has 1 saturated heterocycles. The first-order valence-corrected chi connectivity index (χ1v) is 13.4. The molecule has 5 rings (SSSR count). The Bertz CT molecular complexity index is 1600. The first-order valence-electron chi connectivity index (χ1n) is 11.5. The van der Waals surface area contributed by atoms with E-state index in [1.54, 1.807) is 54.9 Å². The maximum absolute atomic E-state index is 13.4. The van der Waals surface area contributed by atoms with Crippen molar-refractivity contribution in [1.82, 2.24) is 14.2 Å². The molecular formula is C27H24Cl2N4O4S. The summed E-state index contributed by atoms with van der Waals surface area (Å²) in [6.45, 7) is -0.163. The number of hydrogen-bond acceptors (Lipinski definition) is 5. The van der Waals surface area contributed by atoms with E-state index in [9.17, 15) is 18.0 Å². The number of aromatic nitrogens is 1. The maximum Gasteiger partial charge on any atom is 0.254 e. The summed E-state index contributed by atoms with van der Waals surface area (Å²) in [5.74, 6) is -1.15. The van der Waals surface area contributed by atoms with Crippen molar-refractivity contribution in [3.05, 3.63) is 95.8 Å². The highest BCUT2D eigenvalue weighted by molar-refractivity contribution is 7.89.